The van der Waals surface area contributed by atoms with Gasteiger partial charge in [0.25, 0.3) is 0 Å². The van der Waals surface area contributed by atoms with Gasteiger partial charge in [-0.05, 0) is 42.3 Å². The molecule has 24 heavy (non-hydrogen) atoms. The molecule has 0 aliphatic carbocycles. The quantitative estimate of drug-likeness (QED) is 0.700. The molecule has 0 spiro atoms. The molecular weight excluding hydrogens is 368 g/mol. The zero-order valence-electron chi connectivity index (χ0n) is 13.3. The predicted octanol–water partition coefficient (Wildman–Crippen LogP) is 4.58. The van der Waals surface area contributed by atoms with E-state index in [2.05, 4.69) is 26.2 Å². The molecule has 3 rings (SSSR count). The van der Waals surface area contributed by atoms with Crippen LogP contribution in [0.3, 0.4) is 0 Å². The standard InChI is InChI=1S/C19H17BrN2O2/c1-24-17-10-9-16(14-6-4-12-21-19(14)17)22-18(23)11-8-13-5-2-3-7-15(13)20/h2-7,9-10,12H,8,11H2,1H3,(H,22,23). The molecule has 0 aliphatic rings. The molecule has 0 saturated carbocycles. The lowest BCUT2D eigenvalue weighted by Crippen LogP contribution is -2.13. The average Bonchev–Trinajstić information content (AvgIpc) is 2.61. The molecule has 1 N–H and O–H groups in total. The van der Waals surface area contributed by atoms with Crippen molar-refractivity contribution in [3.05, 3.63) is 64.8 Å². The summed E-state index contributed by atoms with van der Waals surface area (Å²) in [5, 5.41) is 3.84. The van der Waals surface area contributed by atoms with Gasteiger partial charge < -0.3 is 10.1 Å². The first kappa shape index (κ1) is 16.5. The third-order valence-electron chi connectivity index (χ3n) is 3.81. The molecule has 0 unspecified atom stereocenters. The van der Waals surface area contributed by atoms with Crippen LogP contribution < -0.4 is 10.1 Å². The van der Waals surface area contributed by atoms with Crippen molar-refractivity contribution in [3.8, 4) is 5.75 Å². The lowest BCUT2D eigenvalue weighted by Gasteiger charge is -2.11. The lowest BCUT2D eigenvalue weighted by atomic mass is 10.1. The van der Waals surface area contributed by atoms with Crippen molar-refractivity contribution >= 4 is 38.4 Å². The highest BCUT2D eigenvalue weighted by molar-refractivity contribution is 9.10. The van der Waals surface area contributed by atoms with Gasteiger partial charge in [-0.1, -0.05) is 34.1 Å². The number of pyridine rings is 1. The SMILES string of the molecule is COc1ccc(NC(=O)CCc2ccccc2Br)c2cccnc12. The number of ether oxygens (including phenoxy) is 1. The van der Waals surface area contributed by atoms with E-state index in [4.69, 9.17) is 4.74 Å². The Morgan fingerprint density at radius 1 is 1.17 bits per heavy atom. The van der Waals surface area contributed by atoms with E-state index in [-0.39, 0.29) is 5.91 Å². The Morgan fingerprint density at radius 3 is 2.79 bits per heavy atom. The first-order valence-corrected chi connectivity index (χ1v) is 8.43. The fourth-order valence-electron chi connectivity index (χ4n) is 2.58. The number of amides is 1. The molecule has 1 aromatic heterocycles. The number of rotatable bonds is 5. The number of hydrogen-bond acceptors (Lipinski definition) is 3. The van der Waals surface area contributed by atoms with E-state index in [1.54, 1.807) is 13.3 Å². The number of methoxy groups -OCH3 is 1. The zero-order valence-corrected chi connectivity index (χ0v) is 14.8. The summed E-state index contributed by atoms with van der Waals surface area (Å²) in [5.74, 6) is 0.665. The Hall–Kier alpha value is -2.40. The van der Waals surface area contributed by atoms with Gasteiger partial charge in [-0.15, -0.1) is 0 Å². The summed E-state index contributed by atoms with van der Waals surface area (Å²) < 4.78 is 6.35. The average molecular weight is 385 g/mol. The highest BCUT2D eigenvalue weighted by Crippen LogP contribution is 2.29. The maximum atomic E-state index is 12.3. The molecule has 0 bridgehead atoms. The summed E-state index contributed by atoms with van der Waals surface area (Å²) in [6, 6.07) is 15.4. The fraction of sp³-hybridized carbons (Fsp3) is 0.158. The number of anilines is 1. The highest BCUT2D eigenvalue weighted by Gasteiger charge is 2.10. The first-order valence-electron chi connectivity index (χ1n) is 7.64. The second-order valence-electron chi connectivity index (χ2n) is 5.35. The molecule has 1 heterocycles. The Balaban J connectivity index is 1.75. The van der Waals surface area contributed by atoms with Crippen LogP contribution in [0.15, 0.2) is 59.2 Å². The van der Waals surface area contributed by atoms with Gasteiger partial charge >= 0.3 is 0 Å². The van der Waals surface area contributed by atoms with Gasteiger partial charge in [-0.2, -0.15) is 0 Å². The van der Waals surface area contributed by atoms with Crippen molar-refractivity contribution in [1.82, 2.24) is 4.98 Å². The van der Waals surface area contributed by atoms with Crippen LogP contribution >= 0.6 is 15.9 Å². The third-order valence-corrected chi connectivity index (χ3v) is 4.58. The summed E-state index contributed by atoms with van der Waals surface area (Å²) in [5.41, 5.74) is 2.61. The van der Waals surface area contributed by atoms with Gasteiger partial charge in [-0.25, -0.2) is 0 Å². The Labute approximate surface area is 149 Å². The number of fused-ring (bicyclic) bond motifs is 1. The van der Waals surface area contributed by atoms with Crippen molar-refractivity contribution in [1.29, 1.82) is 0 Å². The zero-order chi connectivity index (χ0) is 16.9. The van der Waals surface area contributed by atoms with Crippen molar-refractivity contribution in [3.63, 3.8) is 0 Å². The number of carbonyl (C=O) groups is 1. The van der Waals surface area contributed by atoms with Crippen molar-refractivity contribution in [2.75, 3.05) is 12.4 Å². The van der Waals surface area contributed by atoms with E-state index in [9.17, 15) is 4.79 Å². The van der Waals surface area contributed by atoms with Crippen LogP contribution in [0, 0.1) is 0 Å². The fourth-order valence-corrected chi connectivity index (χ4v) is 3.07. The highest BCUT2D eigenvalue weighted by atomic mass is 79.9. The van der Waals surface area contributed by atoms with Gasteiger partial charge in [0.2, 0.25) is 5.91 Å². The van der Waals surface area contributed by atoms with Gasteiger partial charge in [-0.3, -0.25) is 9.78 Å². The van der Waals surface area contributed by atoms with E-state index in [0.717, 1.165) is 26.6 Å². The minimum absolute atomic E-state index is 0.0268. The Bertz CT molecular complexity index is 880. The van der Waals surface area contributed by atoms with Crippen molar-refractivity contribution in [2.24, 2.45) is 0 Å². The first-order chi connectivity index (χ1) is 11.7. The van der Waals surface area contributed by atoms with Crippen LogP contribution in [-0.4, -0.2) is 18.0 Å². The second-order valence-corrected chi connectivity index (χ2v) is 6.21. The maximum Gasteiger partial charge on any atom is 0.224 e. The summed E-state index contributed by atoms with van der Waals surface area (Å²) in [6.45, 7) is 0. The van der Waals surface area contributed by atoms with Crippen molar-refractivity contribution in [2.45, 2.75) is 12.8 Å². The van der Waals surface area contributed by atoms with E-state index in [1.165, 1.54) is 0 Å². The third kappa shape index (κ3) is 3.57. The molecule has 122 valence electrons. The number of nitrogens with one attached hydrogen (secondary N) is 1. The molecule has 0 atom stereocenters. The number of benzene rings is 2. The number of hydrogen-bond donors (Lipinski definition) is 1. The molecule has 0 fully saturated rings. The molecule has 0 saturated heterocycles. The second kappa shape index (κ2) is 7.45. The van der Waals surface area contributed by atoms with E-state index >= 15 is 0 Å². The monoisotopic (exact) mass is 384 g/mol. The largest absolute Gasteiger partial charge is 0.494 e. The van der Waals surface area contributed by atoms with E-state index in [0.29, 0.717) is 18.6 Å². The number of nitrogens with zero attached hydrogens (tertiary/aromatic N) is 1. The minimum Gasteiger partial charge on any atom is -0.494 e. The normalized spacial score (nSPS) is 10.6. The molecule has 5 heteroatoms. The van der Waals surface area contributed by atoms with Crippen LogP contribution in [0.2, 0.25) is 0 Å². The lowest BCUT2D eigenvalue weighted by molar-refractivity contribution is -0.116. The molecule has 0 aliphatic heterocycles. The van der Waals surface area contributed by atoms with Crippen molar-refractivity contribution < 1.29 is 9.53 Å². The van der Waals surface area contributed by atoms with Gasteiger partial charge in [0.15, 0.2) is 0 Å². The molecule has 2 aromatic carbocycles. The molecule has 0 radical (unpaired) electrons. The summed E-state index contributed by atoms with van der Waals surface area (Å²) in [7, 11) is 1.61. The predicted molar refractivity (Wildman–Crippen MR) is 99.4 cm³/mol. The van der Waals surface area contributed by atoms with Crippen LogP contribution in [-0.2, 0) is 11.2 Å². The van der Waals surface area contributed by atoms with Gasteiger partial charge in [0.1, 0.15) is 11.3 Å². The molecular formula is C19H17BrN2O2. The molecule has 4 nitrogen and oxygen atoms in total. The molecule has 3 aromatic rings. The molecule has 1 amide bonds. The Kier molecular flexibility index (Phi) is 5.11. The summed E-state index contributed by atoms with van der Waals surface area (Å²) in [6.07, 6.45) is 2.80. The number of carbonyl (C=O) groups excluding carboxylic acids is 1. The minimum atomic E-state index is -0.0268. The number of halogens is 1. The van der Waals surface area contributed by atoms with E-state index < -0.39 is 0 Å². The van der Waals surface area contributed by atoms with E-state index in [1.807, 2.05) is 48.5 Å². The number of aromatic nitrogens is 1. The smallest absolute Gasteiger partial charge is 0.224 e. The van der Waals surface area contributed by atoms with Crippen LogP contribution in [0.1, 0.15) is 12.0 Å². The van der Waals surface area contributed by atoms with Gasteiger partial charge in [0.05, 0.1) is 12.8 Å². The van der Waals surface area contributed by atoms with Gasteiger partial charge in [0, 0.05) is 22.5 Å². The summed E-state index contributed by atoms with van der Waals surface area (Å²) in [4.78, 5) is 16.7. The number of aryl methyl sites for hydroxylation is 1. The Morgan fingerprint density at radius 2 is 2.00 bits per heavy atom. The topological polar surface area (TPSA) is 51.2 Å². The summed E-state index contributed by atoms with van der Waals surface area (Å²) >= 11 is 3.51. The van der Waals surface area contributed by atoms with Crippen LogP contribution in [0.25, 0.3) is 10.9 Å². The van der Waals surface area contributed by atoms with Crippen LogP contribution in [0.4, 0.5) is 5.69 Å². The maximum absolute atomic E-state index is 12.3. The van der Waals surface area contributed by atoms with Crippen LogP contribution in [0.5, 0.6) is 5.75 Å².